The predicted molar refractivity (Wildman–Crippen MR) is 113 cm³/mol. The van der Waals surface area contributed by atoms with Crippen LogP contribution in [0.4, 0.5) is 11.8 Å². The molecule has 0 radical (unpaired) electrons. The van der Waals surface area contributed by atoms with Gasteiger partial charge in [-0.1, -0.05) is 0 Å². The molecule has 156 valence electrons. The van der Waals surface area contributed by atoms with Gasteiger partial charge in [-0.15, -0.1) is 0 Å². The largest absolute Gasteiger partial charge is 0.493 e. The van der Waals surface area contributed by atoms with Crippen molar-refractivity contribution in [1.82, 2.24) is 14.9 Å². The third-order valence-electron chi connectivity index (χ3n) is 5.85. The van der Waals surface area contributed by atoms with Gasteiger partial charge in [-0.2, -0.15) is 4.98 Å². The molecule has 1 N–H and O–H groups in total. The van der Waals surface area contributed by atoms with Gasteiger partial charge in [-0.05, 0) is 38.2 Å². The Morgan fingerprint density at radius 2 is 1.69 bits per heavy atom. The molecule has 0 unspecified atom stereocenters. The van der Waals surface area contributed by atoms with E-state index in [2.05, 4.69) is 10.2 Å². The first kappa shape index (κ1) is 19.5. The number of carbonyl (C=O) groups is 1. The van der Waals surface area contributed by atoms with Crippen molar-refractivity contribution in [2.24, 2.45) is 0 Å². The number of ether oxygens (including phenoxy) is 2. The van der Waals surface area contributed by atoms with Crippen LogP contribution in [0.2, 0.25) is 0 Å². The molecule has 1 aromatic heterocycles. The minimum atomic E-state index is 0.270. The molecular formula is C21H29N5O3. The van der Waals surface area contributed by atoms with E-state index in [0.717, 1.165) is 68.1 Å². The van der Waals surface area contributed by atoms with E-state index in [-0.39, 0.29) is 6.04 Å². The van der Waals surface area contributed by atoms with Crippen molar-refractivity contribution >= 4 is 29.1 Å². The van der Waals surface area contributed by atoms with Crippen LogP contribution >= 0.6 is 0 Å². The number of benzene rings is 1. The standard InChI is InChI=1S/C21H29N5O3/c1-28-18-12-16-17(13-19(18)29-2)23-21(26-8-4-3-5-9-26)24-20(16)22-15-6-10-25(14-27)11-7-15/h12-15H,3-11H2,1-2H3,(H,22,23,24). The van der Waals surface area contributed by atoms with Crippen LogP contribution in [0.3, 0.4) is 0 Å². The summed E-state index contributed by atoms with van der Waals surface area (Å²) in [5.74, 6) is 2.90. The van der Waals surface area contributed by atoms with Gasteiger partial charge in [0.15, 0.2) is 11.5 Å². The highest BCUT2D eigenvalue weighted by Gasteiger charge is 2.22. The molecule has 2 aromatic rings. The lowest BCUT2D eigenvalue weighted by Gasteiger charge is -2.31. The summed E-state index contributed by atoms with van der Waals surface area (Å²) in [6, 6.07) is 4.13. The number of amides is 1. The number of anilines is 2. The van der Waals surface area contributed by atoms with Crippen LogP contribution in [0.15, 0.2) is 12.1 Å². The zero-order chi connectivity index (χ0) is 20.2. The quantitative estimate of drug-likeness (QED) is 0.748. The Bertz CT molecular complexity index is 861. The molecule has 3 heterocycles. The molecule has 2 aliphatic rings. The minimum Gasteiger partial charge on any atom is -0.493 e. The number of methoxy groups -OCH3 is 2. The summed E-state index contributed by atoms with van der Waals surface area (Å²) in [4.78, 5) is 24.9. The average molecular weight is 399 g/mol. The summed E-state index contributed by atoms with van der Waals surface area (Å²) in [6.45, 7) is 3.49. The van der Waals surface area contributed by atoms with Gasteiger partial charge in [-0.3, -0.25) is 4.79 Å². The monoisotopic (exact) mass is 399 g/mol. The van der Waals surface area contributed by atoms with Gasteiger partial charge >= 0.3 is 0 Å². The molecule has 8 heteroatoms. The van der Waals surface area contributed by atoms with Gasteiger partial charge in [0.1, 0.15) is 5.82 Å². The number of hydrogen-bond donors (Lipinski definition) is 1. The zero-order valence-corrected chi connectivity index (χ0v) is 17.2. The van der Waals surface area contributed by atoms with Crippen molar-refractivity contribution in [3.05, 3.63) is 12.1 Å². The molecule has 0 saturated carbocycles. The molecule has 0 bridgehead atoms. The van der Waals surface area contributed by atoms with Crippen molar-refractivity contribution in [3.63, 3.8) is 0 Å². The second kappa shape index (κ2) is 8.71. The first-order valence-corrected chi connectivity index (χ1v) is 10.4. The summed E-state index contributed by atoms with van der Waals surface area (Å²) in [7, 11) is 3.27. The molecule has 0 spiro atoms. The van der Waals surface area contributed by atoms with Crippen LogP contribution in [0.25, 0.3) is 10.9 Å². The Labute approximate surface area is 171 Å². The molecule has 2 fully saturated rings. The van der Waals surface area contributed by atoms with E-state index in [1.165, 1.54) is 19.3 Å². The normalized spacial score (nSPS) is 18.0. The van der Waals surface area contributed by atoms with E-state index in [1.807, 2.05) is 17.0 Å². The number of nitrogens with one attached hydrogen (secondary N) is 1. The topological polar surface area (TPSA) is 79.8 Å². The molecular weight excluding hydrogens is 370 g/mol. The van der Waals surface area contributed by atoms with Gasteiger partial charge in [0, 0.05) is 43.7 Å². The summed E-state index contributed by atoms with van der Waals surface area (Å²) in [6.07, 6.45) is 6.32. The Morgan fingerprint density at radius 3 is 2.34 bits per heavy atom. The van der Waals surface area contributed by atoms with Crippen molar-refractivity contribution in [2.75, 3.05) is 50.6 Å². The predicted octanol–water partition coefficient (Wildman–Crippen LogP) is 2.67. The smallest absolute Gasteiger partial charge is 0.227 e. The van der Waals surface area contributed by atoms with Crippen LogP contribution in [0, 0.1) is 0 Å². The highest BCUT2D eigenvalue weighted by atomic mass is 16.5. The summed E-state index contributed by atoms with van der Waals surface area (Å²) >= 11 is 0. The number of rotatable bonds is 6. The van der Waals surface area contributed by atoms with Crippen LogP contribution < -0.4 is 19.7 Å². The third-order valence-corrected chi connectivity index (χ3v) is 5.85. The second-order valence-electron chi connectivity index (χ2n) is 7.70. The number of aromatic nitrogens is 2. The first-order valence-electron chi connectivity index (χ1n) is 10.4. The highest BCUT2D eigenvalue weighted by molar-refractivity contribution is 5.93. The lowest BCUT2D eigenvalue weighted by molar-refractivity contribution is -0.118. The number of hydrogen-bond acceptors (Lipinski definition) is 7. The maximum absolute atomic E-state index is 11.0. The maximum Gasteiger partial charge on any atom is 0.227 e. The van der Waals surface area contributed by atoms with E-state index in [4.69, 9.17) is 19.4 Å². The summed E-state index contributed by atoms with van der Waals surface area (Å²) in [5.41, 5.74) is 0.839. The SMILES string of the molecule is COc1cc2nc(N3CCCCC3)nc(NC3CCN(C=O)CC3)c2cc1OC. The highest BCUT2D eigenvalue weighted by Crippen LogP contribution is 2.36. The Kier molecular flexibility index (Phi) is 5.87. The van der Waals surface area contributed by atoms with E-state index in [1.54, 1.807) is 14.2 Å². The summed E-state index contributed by atoms with van der Waals surface area (Å²) in [5, 5.41) is 4.54. The van der Waals surface area contributed by atoms with Gasteiger partial charge in [0.2, 0.25) is 12.4 Å². The van der Waals surface area contributed by atoms with Crippen LogP contribution in [-0.4, -0.2) is 67.7 Å². The molecule has 8 nitrogen and oxygen atoms in total. The fourth-order valence-electron chi connectivity index (χ4n) is 4.13. The van der Waals surface area contributed by atoms with Gasteiger partial charge < -0.3 is 24.6 Å². The third kappa shape index (κ3) is 4.16. The van der Waals surface area contributed by atoms with E-state index in [9.17, 15) is 4.79 Å². The number of likely N-dealkylation sites (tertiary alicyclic amines) is 1. The summed E-state index contributed by atoms with van der Waals surface area (Å²) < 4.78 is 11.0. The molecule has 1 aromatic carbocycles. The zero-order valence-electron chi connectivity index (χ0n) is 17.2. The minimum absolute atomic E-state index is 0.270. The number of carbonyl (C=O) groups excluding carboxylic acids is 1. The van der Waals surface area contributed by atoms with Crippen molar-refractivity contribution in [3.8, 4) is 11.5 Å². The molecule has 4 rings (SSSR count). The first-order chi connectivity index (χ1) is 14.2. The Morgan fingerprint density at radius 1 is 1.00 bits per heavy atom. The van der Waals surface area contributed by atoms with Crippen molar-refractivity contribution in [1.29, 1.82) is 0 Å². The van der Waals surface area contributed by atoms with Crippen LogP contribution in [-0.2, 0) is 4.79 Å². The van der Waals surface area contributed by atoms with E-state index >= 15 is 0 Å². The maximum atomic E-state index is 11.0. The van der Waals surface area contributed by atoms with E-state index < -0.39 is 0 Å². The second-order valence-corrected chi connectivity index (χ2v) is 7.70. The van der Waals surface area contributed by atoms with Crippen LogP contribution in [0.5, 0.6) is 11.5 Å². The molecule has 2 saturated heterocycles. The van der Waals surface area contributed by atoms with E-state index in [0.29, 0.717) is 11.5 Å². The van der Waals surface area contributed by atoms with Gasteiger partial charge in [0.05, 0.1) is 19.7 Å². The number of piperidine rings is 2. The average Bonchev–Trinajstić information content (AvgIpc) is 2.79. The number of nitrogens with zero attached hydrogens (tertiary/aromatic N) is 4. The molecule has 2 aliphatic heterocycles. The fourth-order valence-corrected chi connectivity index (χ4v) is 4.13. The van der Waals surface area contributed by atoms with Crippen molar-refractivity contribution in [2.45, 2.75) is 38.1 Å². The fraction of sp³-hybridized carbons (Fsp3) is 0.571. The number of fused-ring (bicyclic) bond motifs is 1. The van der Waals surface area contributed by atoms with Gasteiger partial charge in [-0.25, -0.2) is 4.98 Å². The Balaban J connectivity index is 1.71. The molecule has 1 amide bonds. The Hall–Kier alpha value is -2.77. The lowest BCUT2D eigenvalue weighted by Crippen LogP contribution is -2.38. The van der Waals surface area contributed by atoms with Gasteiger partial charge in [0.25, 0.3) is 0 Å². The molecule has 0 atom stereocenters. The molecule has 29 heavy (non-hydrogen) atoms. The molecule has 0 aliphatic carbocycles. The van der Waals surface area contributed by atoms with Crippen LogP contribution in [0.1, 0.15) is 32.1 Å². The lowest BCUT2D eigenvalue weighted by atomic mass is 10.1. The van der Waals surface area contributed by atoms with Crippen molar-refractivity contribution < 1.29 is 14.3 Å².